The second-order valence-electron chi connectivity index (χ2n) is 4.41. The molecule has 0 radical (unpaired) electrons. The maximum Gasteiger partial charge on any atom is 0.260 e. The Morgan fingerprint density at radius 1 is 1.43 bits per heavy atom. The van der Waals surface area contributed by atoms with Gasteiger partial charge in [-0.25, -0.2) is 13.1 Å². The second kappa shape index (κ2) is 6.78. The third kappa shape index (κ3) is 3.86. The zero-order chi connectivity index (χ0) is 15.3. The van der Waals surface area contributed by atoms with E-state index in [2.05, 4.69) is 34.9 Å². The van der Waals surface area contributed by atoms with Crippen molar-refractivity contribution in [2.75, 3.05) is 13.1 Å². The van der Waals surface area contributed by atoms with E-state index in [1.54, 1.807) is 6.92 Å². The van der Waals surface area contributed by atoms with Crippen molar-refractivity contribution in [2.24, 2.45) is 0 Å². The Balaban J connectivity index is 2.05. The van der Waals surface area contributed by atoms with Gasteiger partial charge in [0.25, 0.3) is 10.0 Å². The van der Waals surface area contributed by atoms with Crippen LogP contribution in [-0.2, 0) is 23.0 Å². The topological polar surface area (TPSA) is 126 Å². The summed E-state index contributed by atoms with van der Waals surface area (Å²) in [7, 11) is -3.67. The first-order chi connectivity index (χ1) is 10.0. The summed E-state index contributed by atoms with van der Waals surface area (Å²) in [5.74, 6) is 0.448. The van der Waals surface area contributed by atoms with E-state index < -0.39 is 10.0 Å². The second-order valence-corrected chi connectivity index (χ2v) is 6.09. The highest BCUT2D eigenvalue weighted by Crippen LogP contribution is 2.15. The van der Waals surface area contributed by atoms with Gasteiger partial charge in [0.2, 0.25) is 6.39 Å². The summed E-state index contributed by atoms with van der Waals surface area (Å²) in [6.45, 7) is 5.11. The normalized spacial score (nSPS) is 11.9. The molecule has 0 amide bonds. The Morgan fingerprint density at radius 3 is 2.90 bits per heavy atom. The molecule has 0 fully saturated rings. The number of rotatable bonds is 8. The van der Waals surface area contributed by atoms with Crippen LogP contribution < -0.4 is 10.0 Å². The zero-order valence-electron chi connectivity index (χ0n) is 11.9. The van der Waals surface area contributed by atoms with Crippen LogP contribution in [0.3, 0.4) is 0 Å². The van der Waals surface area contributed by atoms with E-state index in [1.165, 1.54) is 6.39 Å². The van der Waals surface area contributed by atoms with Crippen molar-refractivity contribution in [1.29, 1.82) is 0 Å². The van der Waals surface area contributed by atoms with Crippen LogP contribution in [0.2, 0.25) is 0 Å². The first-order valence-electron chi connectivity index (χ1n) is 6.54. The minimum atomic E-state index is -3.67. The summed E-state index contributed by atoms with van der Waals surface area (Å²) in [6.07, 6.45) is 1.55. The van der Waals surface area contributed by atoms with Gasteiger partial charge in [-0.15, -0.1) is 0 Å². The first-order valence-corrected chi connectivity index (χ1v) is 8.02. The average molecular weight is 314 g/mol. The van der Waals surface area contributed by atoms with Gasteiger partial charge in [0.15, 0.2) is 10.9 Å². The predicted octanol–water partition coefficient (Wildman–Crippen LogP) is -0.268. The molecule has 2 rings (SSSR count). The van der Waals surface area contributed by atoms with E-state index in [9.17, 15) is 8.42 Å². The molecule has 0 aliphatic heterocycles. The van der Waals surface area contributed by atoms with Crippen LogP contribution in [0.25, 0.3) is 0 Å². The van der Waals surface area contributed by atoms with Crippen molar-refractivity contribution >= 4 is 10.0 Å². The summed E-state index contributed by atoms with van der Waals surface area (Å²) >= 11 is 0. The number of aromatic nitrogens is 4. The van der Waals surface area contributed by atoms with Gasteiger partial charge in [0.05, 0.1) is 0 Å². The molecular weight excluding hydrogens is 296 g/mol. The van der Waals surface area contributed by atoms with Crippen LogP contribution in [-0.4, -0.2) is 41.8 Å². The number of hydrogen-bond donors (Lipinski definition) is 3. The van der Waals surface area contributed by atoms with Crippen molar-refractivity contribution in [1.82, 2.24) is 30.4 Å². The van der Waals surface area contributed by atoms with Gasteiger partial charge < -0.3 is 9.84 Å². The van der Waals surface area contributed by atoms with Crippen LogP contribution in [0.1, 0.15) is 24.0 Å². The van der Waals surface area contributed by atoms with E-state index >= 15 is 0 Å². The lowest BCUT2D eigenvalue weighted by atomic mass is 10.2. The number of sulfonamides is 1. The minimum absolute atomic E-state index is 0.0223. The number of nitrogens with zero attached hydrogens (tertiary/aromatic N) is 3. The largest absolute Gasteiger partial charge is 0.343 e. The van der Waals surface area contributed by atoms with Gasteiger partial charge in [-0.05, 0) is 13.5 Å². The lowest BCUT2D eigenvalue weighted by molar-refractivity contribution is 0.409. The lowest BCUT2D eigenvalue weighted by Gasteiger charge is -2.06. The van der Waals surface area contributed by atoms with Gasteiger partial charge in [0, 0.05) is 30.8 Å². The highest BCUT2D eigenvalue weighted by Gasteiger charge is 2.23. The number of nitrogens with one attached hydrogen (secondary N) is 3. The molecule has 10 heteroatoms. The Hall–Kier alpha value is -1.78. The first kappa shape index (κ1) is 15.6. The third-order valence-electron chi connectivity index (χ3n) is 2.89. The van der Waals surface area contributed by atoms with E-state index in [0.29, 0.717) is 24.4 Å². The highest BCUT2D eigenvalue weighted by atomic mass is 32.2. The van der Waals surface area contributed by atoms with Crippen molar-refractivity contribution in [3.8, 4) is 0 Å². The summed E-state index contributed by atoms with van der Waals surface area (Å²) in [5, 5.41) is 13.3. The Bertz CT molecular complexity index is 664. The molecule has 3 N–H and O–H groups in total. The summed E-state index contributed by atoms with van der Waals surface area (Å²) in [6, 6.07) is 0. The third-order valence-corrected chi connectivity index (χ3v) is 4.32. The molecular formula is C11H18N6O3S. The Labute approximate surface area is 122 Å². The van der Waals surface area contributed by atoms with Crippen LogP contribution >= 0.6 is 0 Å². The van der Waals surface area contributed by atoms with Crippen LogP contribution in [0, 0.1) is 6.92 Å². The summed E-state index contributed by atoms with van der Waals surface area (Å²) in [4.78, 5) is 3.83. The van der Waals surface area contributed by atoms with E-state index in [4.69, 9.17) is 0 Å². The molecule has 9 nitrogen and oxygen atoms in total. The molecule has 0 bridgehead atoms. The lowest BCUT2D eigenvalue weighted by Crippen LogP contribution is -2.28. The molecule has 116 valence electrons. The summed E-state index contributed by atoms with van der Waals surface area (Å²) < 4.78 is 31.6. The molecule has 0 saturated heterocycles. The monoisotopic (exact) mass is 314 g/mol. The molecule has 2 heterocycles. The van der Waals surface area contributed by atoms with E-state index in [0.717, 1.165) is 12.2 Å². The minimum Gasteiger partial charge on any atom is -0.343 e. The Kier molecular flexibility index (Phi) is 5.04. The molecule has 2 aromatic rings. The van der Waals surface area contributed by atoms with Crippen LogP contribution in [0.5, 0.6) is 0 Å². The fourth-order valence-electron chi connectivity index (χ4n) is 1.78. The Morgan fingerprint density at radius 2 is 2.24 bits per heavy atom. The molecule has 21 heavy (non-hydrogen) atoms. The molecule has 0 spiro atoms. The summed E-state index contributed by atoms with van der Waals surface area (Å²) in [5.41, 5.74) is 1.37. The van der Waals surface area contributed by atoms with Crippen molar-refractivity contribution in [3.05, 3.63) is 23.5 Å². The quantitative estimate of drug-likeness (QED) is 0.612. The van der Waals surface area contributed by atoms with Crippen LogP contribution in [0.4, 0.5) is 0 Å². The fourth-order valence-corrected chi connectivity index (χ4v) is 3.00. The zero-order valence-corrected chi connectivity index (χ0v) is 12.7. The highest BCUT2D eigenvalue weighted by molar-refractivity contribution is 7.89. The van der Waals surface area contributed by atoms with Gasteiger partial charge in [0.1, 0.15) is 0 Å². The SMILES string of the molecule is CCNCc1c(S(=O)(=O)NCCc2ncon2)n[nH]c1C. The smallest absolute Gasteiger partial charge is 0.260 e. The van der Waals surface area contributed by atoms with Crippen molar-refractivity contribution in [3.63, 3.8) is 0 Å². The maximum atomic E-state index is 12.3. The number of H-pyrrole nitrogens is 1. The fraction of sp³-hybridized carbons (Fsp3) is 0.545. The number of aryl methyl sites for hydroxylation is 1. The van der Waals surface area contributed by atoms with Gasteiger partial charge in [-0.3, -0.25) is 5.10 Å². The molecule has 0 aromatic carbocycles. The number of aromatic amines is 1. The molecule has 0 saturated carbocycles. The van der Waals surface area contributed by atoms with Crippen molar-refractivity contribution in [2.45, 2.75) is 31.8 Å². The van der Waals surface area contributed by atoms with Gasteiger partial charge in [-0.2, -0.15) is 10.1 Å². The van der Waals surface area contributed by atoms with E-state index in [-0.39, 0.29) is 11.6 Å². The molecule has 0 aliphatic rings. The standard InChI is InChI=1S/C11H18N6O3S/c1-3-12-6-9-8(2)15-16-11(9)21(18,19)14-5-4-10-13-7-20-17-10/h7,12,14H,3-6H2,1-2H3,(H,15,16). The molecule has 2 aromatic heterocycles. The van der Waals surface area contributed by atoms with Crippen LogP contribution in [0.15, 0.2) is 15.9 Å². The molecule has 0 aliphatic carbocycles. The van der Waals surface area contributed by atoms with E-state index in [1.807, 2.05) is 6.92 Å². The molecule has 0 unspecified atom stereocenters. The predicted molar refractivity (Wildman–Crippen MR) is 73.9 cm³/mol. The van der Waals surface area contributed by atoms with Gasteiger partial charge >= 0.3 is 0 Å². The van der Waals surface area contributed by atoms with Crippen molar-refractivity contribution < 1.29 is 12.9 Å². The van der Waals surface area contributed by atoms with Gasteiger partial charge in [-0.1, -0.05) is 12.1 Å². The maximum absolute atomic E-state index is 12.3. The number of hydrogen-bond acceptors (Lipinski definition) is 7. The molecule has 0 atom stereocenters. The average Bonchev–Trinajstić information content (AvgIpc) is 3.06.